The lowest BCUT2D eigenvalue weighted by Crippen LogP contribution is -2.39. The van der Waals surface area contributed by atoms with Crippen LogP contribution in [0.3, 0.4) is 0 Å². The van der Waals surface area contributed by atoms with Crippen LogP contribution in [0.25, 0.3) is 11.2 Å². The van der Waals surface area contributed by atoms with E-state index >= 15 is 0 Å². The van der Waals surface area contributed by atoms with Gasteiger partial charge in [0, 0.05) is 0 Å². The molecular weight excluding hydrogens is 335 g/mol. The lowest BCUT2D eigenvalue weighted by atomic mass is 10.1. The molecule has 0 aliphatic carbocycles. The number of rotatable bonds is 1. The molecule has 124 valence electrons. The van der Waals surface area contributed by atoms with E-state index in [4.69, 9.17) is 9.26 Å². The number of fused-ring (bicyclic) bond motifs is 2. The SMILES string of the molecule is O=c1[nH]c(=O)c2ncn([C@H]3O[C@H]4COP(=O)(O)O[C@@H]4[C@@H]3O)c2[nH]1. The second-order valence-corrected chi connectivity index (χ2v) is 6.55. The van der Waals surface area contributed by atoms with Crippen molar-refractivity contribution in [3.63, 3.8) is 0 Å². The number of nitrogens with zero attached hydrogens (tertiary/aromatic N) is 2. The molecule has 13 heteroatoms. The Morgan fingerprint density at radius 1 is 1.39 bits per heavy atom. The molecule has 0 radical (unpaired) electrons. The van der Waals surface area contributed by atoms with Crippen molar-refractivity contribution in [3.8, 4) is 0 Å². The van der Waals surface area contributed by atoms with Gasteiger partial charge in [0.2, 0.25) is 0 Å². The first kappa shape index (κ1) is 14.8. The maximum absolute atomic E-state index is 11.7. The van der Waals surface area contributed by atoms with Crippen LogP contribution in [0.2, 0.25) is 0 Å². The Kier molecular flexibility index (Phi) is 3.10. The van der Waals surface area contributed by atoms with E-state index in [0.29, 0.717) is 0 Å². The average molecular weight is 346 g/mol. The number of imidazole rings is 1. The summed E-state index contributed by atoms with van der Waals surface area (Å²) < 4.78 is 27.7. The summed E-state index contributed by atoms with van der Waals surface area (Å²) in [5.74, 6) is 0. The molecule has 2 saturated heterocycles. The highest BCUT2D eigenvalue weighted by atomic mass is 31.2. The minimum absolute atomic E-state index is 0.0414. The van der Waals surface area contributed by atoms with Crippen LogP contribution in [0.4, 0.5) is 0 Å². The zero-order valence-electron chi connectivity index (χ0n) is 11.3. The summed E-state index contributed by atoms with van der Waals surface area (Å²) in [5.41, 5.74) is -1.42. The Morgan fingerprint density at radius 3 is 2.96 bits per heavy atom. The molecule has 4 rings (SSSR count). The first-order chi connectivity index (χ1) is 10.9. The van der Waals surface area contributed by atoms with Gasteiger partial charge in [0.15, 0.2) is 11.7 Å². The maximum atomic E-state index is 11.7. The molecule has 0 saturated carbocycles. The van der Waals surface area contributed by atoms with E-state index in [1.54, 1.807) is 0 Å². The molecule has 2 aliphatic rings. The van der Waals surface area contributed by atoms with Crippen molar-refractivity contribution >= 4 is 19.0 Å². The Labute approximate surface area is 126 Å². The highest BCUT2D eigenvalue weighted by Crippen LogP contribution is 2.52. The molecule has 4 heterocycles. The molecule has 5 atom stereocenters. The molecule has 0 aromatic carbocycles. The van der Waals surface area contributed by atoms with Gasteiger partial charge in [-0.3, -0.25) is 28.4 Å². The van der Waals surface area contributed by atoms with Crippen molar-refractivity contribution < 1.29 is 28.3 Å². The van der Waals surface area contributed by atoms with Crippen LogP contribution < -0.4 is 11.2 Å². The van der Waals surface area contributed by atoms with Gasteiger partial charge in [0.1, 0.15) is 24.0 Å². The number of aliphatic hydroxyl groups is 1. The molecule has 2 aromatic heterocycles. The van der Waals surface area contributed by atoms with Crippen LogP contribution >= 0.6 is 7.82 Å². The fourth-order valence-electron chi connectivity index (χ4n) is 2.71. The van der Waals surface area contributed by atoms with E-state index in [-0.39, 0.29) is 17.8 Å². The van der Waals surface area contributed by atoms with E-state index < -0.39 is 43.6 Å². The highest BCUT2D eigenvalue weighted by molar-refractivity contribution is 7.47. The Balaban J connectivity index is 1.76. The number of nitrogens with one attached hydrogen (secondary N) is 2. The van der Waals surface area contributed by atoms with Crippen LogP contribution in [-0.2, 0) is 18.3 Å². The van der Waals surface area contributed by atoms with Crippen LogP contribution in [0.15, 0.2) is 15.9 Å². The Bertz CT molecular complexity index is 933. The number of hydrogen-bond acceptors (Lipinski definition) is 8. The van der Waals surface area contributed by atoms with Crippen molar-refractivity contribution in [2.45, 2.75) is 24.5 Å². The number of hydrogen-bond donors (Lipinski definition) is 4. The van der Waals surface area contributed by atoms with Crippen LogP contribution in [-0.4, -0.2) is 54.4 Å². The van der Waals surface area contributed by atoms with Gasteiger partial charge >= 0.3 is 13.5 Å². The van der Waals surface area contributed by atoms with E-state index in [1.807, 2.05) is 4.98 Å². The first-order valence-corrected chi connectivity index (χ1v) is 8.04. The molecule has 23 heavy (non-hydrogen) atoms. The van der Waals surface area contributed by atoms with Crippen molar-refractivity contribution in [2.75, 3.05) is 6.61 Å². The van der Waals surface area contributed by atoms with Gasteiger partial charge in [-0.05, 0) is 0 Å². The zero-order valence-corrected chi connectivity index (χ0v) is 12.2. The number of phosphoric acid groups is 1. The first-order valence-electron chi connectivity index (χ1n) is 6.54. The summed E-state index contributed by atoms with van der Waals surface area (Å²) in [4.78, 5) is 40.7. The minimum Gasteiger partial charge on any atom is -0.386 e. The smallest absolute Gasteiger partial charge is 0.386 e. The number of ether oxygens (including phenoxy) is 1. The van der Waals surface area contributed by atoms with Gasteiger partial charge in [0.05, 0.1) is 12.9 Å². The predicted octanol–water partition coefficient (Wildman–Crippen LogP) is -1.81. The topological polar surface area (TPSA) is 169 Å². The summed E-state index contributed by atoms with van der Waals surface area (Å²) in [6, 6.07) is 0. The van der Waals surface area contributed by atoms with Crippen molar-refractivity contribution in [1.82, 2.24) is 19.5 Å². The number of H-pyrrole nitrogens is 2. The van der Waals surface area contributed by atoms with Gasteiger partial charge < -0.3 is 14.7 Å². The van der Waals surface area contributed by atoms with Gasteiger partial charge in [-0.2, -0.15) is 0 Å². The fraction of sp³-hybridized carbons (Fsp3) is 0.500. The van der Waals surface area contributed by atoms with E-state index in [0.717, 1.165) is 0 Å². The third-order valence-corrected chi connectivity index (χ3v) is 4.69. The molecule has 12 nitrogen and oxygen atoms in total. The van der Waals surface area contributed by atoms with Crippen molar-refractivity contribution in [1.29, 1.82) is 0 Å². The van der Waals surface area contributed by atoms with E-state index in [9.17, 15) is 24.2 Å². The van der Waals surface area contributed by atoms with Gasteiger partial charge in [-0.15, -0.1) is 0 Å². The molecule has 0 bridgehead atoms. The summed E-state index contributed by atoms with van der Waals surface area (Å²) in [6.45, 7) is -0.240. The second-order valence-electron chi connectivity index (χ2n) is 5.15. The maximum Gasteiger partial charge on any atom is 0.472 e. The largest absolute Gasteiger partial charge is 0.472 e. The summed E-state index contributed by atoms with van der Waals surface area (Å²) in [6.07, 6.45) is -3.06. The van der Waals surface area contributed by atoms with Crippen LogP contribution in [0.1, 0.15) is 6.23 Å². The van der Waals surface area contributed by atoms with Crippen LogP contribution in [0.5, 0.6) is 0 Å². The number of aromatic nitrogens is 4. The molecule has 0 spiro atoms. The predicted molar refractivity (Wildman–Crippen MR) is 71.5 cm³/mol. The van der Waals surface area contributed by atoms with E-state index in [1.165, 1.54) is 10.9 Å². The normalized spacial score (nSPS) is 37.1. The molecular formula is C10H11N4O8P. The molecule has 0 amide bonds. The molecule has 2 aromatic rings. The third kappa shape index (κ3) is 2.27. The summed E-state index contributed by atoms with van der Waals surface area (Å²) in [7, 11) is -4.24. The fourth-order valence-corrected chi connectivity index (χ4v) is 3.67. The van der Waals surface area contributed by atoms with Crippen LogP contribution in [0, 0.1) is 0 Å². The van der Waals surface area contributed by atoms with Crippen molar-refractivity contribution in [3.05, 3.63) is 27.2 Å². The summed E-state index contributed by atoms with van der Waals surface area (Å²) in [5, 5.41) is 10.3. The zero-order chi connectivity index (χ0) is 16.4. The molecule has 2 aliphatic heterocycles. The van der Waals surface area contributed by atoms with Crippen molar-refractivity contribution in [2.24, 2.45) is 0 Å². The minimum atomic E-state index is -4.24. The highest BCUT2D eigenvalue weighted by Gasteiger charge is 2.52. The lowest BCUT2D eigenvalue weighted by molar-refractivity contribution is -0.0664. The molecule has 4 N–H and O–H groups in total. The molecule has 2 fully saturated rings. The monoisotopic (exact) mass is 346 g/mol. The number of phosphoric ester groups is 1. The molecule has 1 unspecified atom stereocenters. The number of aliphatic hydroxyl groups excluding tert-OH is 1. The van der Waals surface area contributed by atoms with E-state index in [2.05, 4.69) is 14.5 Å². The quantitative estimate of drug-likeness (QED) is 0.435. The standard InChI is InChI=1S/C10H11N4O8P/c15-5-6-3(1-20-23(18,19)22-6)21-9(5)14-2-11-4-7(14)12-10(17)13-8(4)16/h2-3,5-6,9,15H,1H2,(H,18,19)(H2,12,13,16,17)/t3-,5-,6-,9-/m0/s1. The third-order valence-electron chi connectivity index (χ3n) is 3.71. The lowest BCUT2D eigenvalue weighted by Gasteiger charge is -2.27. The van der Waals surface area contributed by atoms with Gasteiger partial charge in [0.25, 0.3) is 5.56 Å². The Morgan fingerprint density at radius 2 is 2.17 bits per heavy atom. The van der Waals surface area contributed by atoms with Gasteiger partial charge in [-0.1, -0.05) is 0 Å². The second kappa shape index (κ2) is 4.84. The number of aromatic amines is 2. The Hall–Kier alpha value is -1.82. The van der Waals surface area contributed by atoms with Gasteiger partial charge in [-0.25, -0.2) is 14.3 Å². The summed E-state index contributed by atoms with van der Waals surface area (Å²) >= 11 is 0. The average Bonchev–Trinajstić information content (AvgIpc) is 3.00.